The zero-order valence-corrected chi connectivity index (χ0v) is 16.8. The van der Waals surface area contributed by atoms with Crippen molar-refractivity contribution in [1.29, 1.82) is 0 Å². The molecule has 0 radical (unpaired) electrons. The van der Waals surface area contributed by atoms with E-state index in [1.807, 2.05) is 24.1 Å². The number of aliphatic imine (C=N–C) groups is 1. The van der Waals surface area contributed by atoms with Crippen molar-refractivity contribution in [1.82, 2.24) is 20.0 Å². The molecule has 2 rings (SSSR count). The first kappa shape index (κ1) is 20.2. The summed E-state index contributed by atoms with van der Waals surface area (Å²) < 4.78 is 7.52. The van der Waals surface area contributed by atoms with Crippen LogP contribution in [0.2, 0.25) is 0 Å². The molecule has 0 aromatic carbocycles. The van der Waals surface area contributed by atoms with Gasteiger partial charge < -0.3 is 15.0 Å². The lowest BCUT2D eigenvalue weighted by Crippen LogP contribution is -2.40. The fraction of sp³-hybridized carbons (Fsp3) is 0.750. The van der Waals surface area contributed by atoms with Crippen LogP contribution in [0.25, 0.3) is 0 Å². The molecule has 0 amide bonds. The van der Waals surface area contributed by atoms with Crippen LogP contribution in [0.1, 0.15) is 25.3 Å². The Labute approximate surface area is 156 Å². The summed E-state index contributed by atoms with van der Waals surface area (Å²) >= 11 is 0. The average Bonchev–Trinajstić information content (AvgIpc) is 3.24. The molecular weight excluding hydrogens is 405 g/mol. The predicted molar refractivity (Wildman–Crippen MR) is 104 cm³/mol. The number of likely N-dealkylation sites (N-methyl/N-ethyl adjacent to an activating group) is 1. The second-order valence-electron chi connectivity index (χ2n) is 5.95. The second-order valence-corrected chi connectivity index (χ2v) is 5.95. The van der Waals surface area contributed by atoms with Gasteiger partial charge in [-0.3, -0.25) is 9.67 Å². The molecule has 1 saturated carbocycles. The number of hydrogen-bond acceptors (Lipinski definition) is 3. The Balaban J connectivity index is 0.00000264. The van der Waals surface area contributed by atoms with Crippen LogP contribution in [-0.4, -0.2) is 60.5 Å². The third-order valence-electron chi connectivity index (χ3n) is 3.74. The van der Waals surface area contributed by atoms with Crippen molar-refractivity contribution >= 4 is 29.9 Å². The molecule has 0 bridgehead atoms. The van der Waals surface area contributed by atoms with E-state index < -0.39 is 0 Å². The fourth-order valence-corrected chi connectivity index (χ4v) is 2.20. The molecule has 0 spiro atoms. The van der Waals surface area contributed by atoms with Gasteiger partial charge in [-0.15, -0.1) is 24.0 Å². The van der Waals surface area contributed by atoms with Gasteiger partial charge in [0.15, 0.2) is 5.96 Å². The molecular formula is C16H30IN5O. The largest absolute Gasteiger partial charge is 0.379 e. The quantitative estimate of drug-likeness (QED) is 0.279. The maximum Gasteiger partial charge on any atom is 0.193 e. The van der Waals surface area contributed by atoms with Crippen LogP contribution in [0.15, 0.2) is 17.4 Å². The van der Waals surface area contributed by atoms with E-state index in [1.165, 1.54) is 18.4 Å². The van der Waals surface area contributed by atoms with Crippen molar-refractivity contribution in [3.63, 3.8) is 0 Å². The van der Waals surface area contributed by atoms with Gasteiger partial charge in [0.25, 0.3) is 0 Å². The minimum absolute atomic E-state index is 0. The minimum atomic E-state index is 0. The number of hydrogen-bond donors (Lipinski definition) is 1. The molecule has 0 aliphatic heterocycles. The van der Waals surface area contributed by atoms with E-state index in [9.17, 15) is 0 Å². The highest BCUT2D eigenvalue weighted by molar-refractivity contribution is 14.0. The first-order chi connectivity index (χ1) is 10.7. The Bertz CT molecular complexity index is 473. The topological polar surface area (TPSA) is 54.7 Å². The summed E-state index contributed by atoms with van der Waals surface area (Å²) in [5.41, 5.74) is 1.22. The summed E-state index contributed by atoms with van der Waals surface area (Å²) in [6.07, 6.45) is 7.53. The molecule has 7 heteroatoms. The van der Waals surface area contributed by atoms with Crippen LogP contribution in [0.4, 0.5) is 0 Å². The van der Waals surface area contributed by atoms with E-state index >= 15 is 0 Å². The maximum atomic E-state index is 5.70. The van der Waals surface area contributed by atoms with Crippen LogP contribution in [-0.2, 0) is 18.2 Å². The van der Waals surface area contributed by atoms with Gasteiger partial charge in [-0.05, 0) is 37.7 Å². The Morgan fingerprint density at radius 3 is 2.91 bits per heavy atom. The van der Waals surface area contributed by atoms with Crippen molar-refractivity contribution in [2.45, 2.75) is 26.2 Å². The van der Waals surface area contributed by atoms with Gasteiger partial charge in [-0.25, -0.2) is 0 Å². The normalized spacial score (nSPS) is 14.5. The fourth-order valence-electron chi connectivity index (χ4n) is 2.20. The monoisotopic (exact) mass is 435 g/mol. The van der Waals surface area contributed by atoms with Crippen molar-refractivity contribution in [2.24, 2.45) is 18.0 Å². The average molecular weight is 435 g/mol. The molecule has 0 atom stereocenters. The highest BCUT2D eigenvalue weighted by atomic mass is 127. The molecule has 1 fully saturated rings. The molecule has 1 aliphatic rings. The van der Waals surface area contributed by atoms with E-state index in [-0.39, 0.29) is 24.0 Å². The van der Waals surface area contributed by atoms with Gasteiger partial charge in [0.2, 0.25) is 0 Å². The van der Waals surface area contributed by atoms with Gasteiger partial charge in [0.1, 0.15) is 0 Å². The third-order valence-corrected chi connectivity index (χ3v) is 3.74. The summed E-state index contributed by atoms with van der Waals surface area (Å²) in [5.74, 6) is 1.77. The van der Waals surface area contributed by atoms with E-state index in [1.54, 1.807) is 0 Å². The van der Waals surface area contributed by atoms with E-state index in [0.717, 1.165) is 51.1 Å². The van der Waals surface area contributed by atoms with E-state index in [0.29, 0.717) is 0 Å². The molecule has 1 heterocycles. The van der Waals surface area contributed by atoms with E-state index in [2.05, 4.69) is 34.3 Å². The molecule has 0 unspecified atom stereocenters. The molecule has 0 saturated heterocycles. The van der Waals surface area contributed by atoms with Crippen LogP contribution >= 0.6 is 24.0 Å². The SMILES string of the molecule is CCNC(=NCCc1cnn(C)c1)N(C)CCOCC1CC1.I. The number of halogens is 1. The Morgan fingerprint density at radius 1 is 1.52 bits per heavy atom. The summed E-state index contributed by atoms with van der Waals surface area (Å²) in [7, 11) is 4.00. The lowest BCUT2D eigenvalue weighted by Gasteiger charge is -2.22. The van der Waals surface area contributed by atoms with Gasteiger partial charge >= 0.3 is 0 Å². The van der Waals surface area contributed by atoms with Gasteiger partial charge in [-0.2, -0.15) is 5.10 Å². The first-order valence-electron chi connectivity index (χ1n) is 8.23. The summed E-state index contributed by atoms with van der Waals surface area (Å²) in [6.45, 7) is 6.28. The van der Waals surface area contributed by atoms with Crippen LogP contribution in [0.3, 0.4) is 0 Å². The maximum absolute atomic E-state index is 5.70. The smallest absolute Gasteiger partial charge is 0.193 e. The molecule has 23 heavy (non-hydrogen) atoms. The minimum Gasteiger partial charge on any atom is -0.379 e. The Morgan fingerprint density at radius 2 is 2.30 bits per heavy atom. The molecule has 1 aromatic heterocycles. The van der Waals surface area contributed by atoms with Gasteiger partial charge in [0.05, 0.1) is 12.8 Å². The Hall–Kier alpha value is -0.830. The van der Waals surface area contributed by atoms with Gasteiger partial charge in [0, 0.05) is 46.5 Å². The predicted octanol–water partition coefficient (Wildman–Crippen LogP) is 1.90. The molecule has 6 nitrogen and oxygen atoms in total. The zero-order valence-electron chi connectivity index (χ0n) is 14.5. The number of rotatable bonds is 9. The Kier molecular flexibility index (Phi) is 9.54. The first-order valence-corrected chi connectivity index (χ1v) is 8.23. The molecule has 1 aromatic rings. The number of nitrogens with one attached hydrogen (secondary N) is 1. The summed E-state index contributed by atoms with van der Waals surface area (Å²) in [6, 6.07) is 0. The highest BCUT2D eigenvalue weighted by Crippen LogP contribution is 2.28. The highest BCUT2D eigenvalue weighted by Gasteiger charge is 2.21. The standard InChI is InChI=1S/C16H29N5O.HI/c1-4-17-16(18-8-7-15-11-19-21(3)12-15)20(2)9-10-22-13-14-5-6-14;/h11-12,14H,4-10,13H2,1-3H3,(H,17,18);1H. The number of guanidine groups is 1. The van der Waals surface area contributed by atoms with Crippen LogP contribution < -0.4 is 5.32 Å². The number of aryl methyl sites for hydroxylation is 1. The lowest BCUT2D eigenvalue weighted by atomic mass is 10.3. The number of nitrogens with zero attached hydrogens (tertiary/aromatic N) is 4. The van der Waals surface area contributed by atoms with Crippen molar-refractivity contribution in [3.8, 4) is 0 Å². The van der Waals surface area contributed by atoms with Crippen LogP contribution in [0.5, 0.6) is 0 Å². The third kappa shape index (κ3) is 8.01. The molecule has 1 N–H and O–H groups in total. The lowest BCUT2D eigenvalue weighted by molar-refractivity contribution is 0.115. The van der Waals surface area contributed by atoms with Gasteiger partial charge in [-0.1, -0.05) is 0 Å². The van der Waals surface area contributed by atoms with Crippen molar-refractivity contribution < 1.29 is 4.74 Å². The summed E-state index contributed by atoms with van der Waals surface area (Å²) in [5, 5.41) is 7.52. The van der Waals surface area contributed by atoms with Crippen molar-refractivity contribution in [2.75, 3.05) is 39.9 Å². The van der Waals surface area contributed by atoms with E-state index in [4.69, 9.17) is 4.74 Å². The summed E-state index contributed by atoms with van der Waals surface area (Å²) in [4.78, 5) is 6.82. The van der Waals surface area contributed by atoms with Crippen LogP contribution in [0, 0.1) is 5.92 Å². The molecule has 132 valence electrons. The number of aromatic nitrogens is 2. The zero-order chi connectivity index (χ0) is 15.8. The second kappa shape index (κ2) is 10.9. The van der Waals surface area contributed by atoms with Crippen molar-refractivity contribution in [3.05, 3.63) is 18.0 Å². The number of ether oxygens (including phenoxy) is 1. The molecule has 1 aliphatic carbocycles.